The lowest BCUT2D eigenvalue weighted by Crippen LogP contribution is -2.44. The highest BCUT2D eigenvalue weighted by Gasteiger charge is 2.38. The second kappa shape index (κ2) is 8.43. The van der Waals surface area contributed by atoms with E-state index in [1.54, 1.807) is 0 Å². The summed E-state index contributed by atoms with van der Waals surface area (Å²) in [7, 11) is 0. The van der Waals surface area contributed by atoms with Crippen LogP contribution in [0.5, 0.6) is 0 Å². The summed E-state index contributed by atoms with van der Waals surface area (Å²) in [4.78, 5) is 27.0. The molecular formula is C18H26ClN3O2S. The Labute approximate surface area is 159 Å². The number of likely N-dealkylation sites (tertiary alicyclic amines) is 1. The lowest BCUT2D eigenvalue weighted by molar-refractivity contribution is -0.114. The van der Waals surface area contributed by atoms with E-state index in [1.807, 2.05) is 29.4 Å². The molecule has 25 heavy (non-hydrogen) atoms. The van der Waals surface area contributed by atoms with E-state index in [2.05, 4.69) is 10.6 Å². The fraction of sp³-hybridized carbons (Fsp3) is 0.556. The predicted molar refractivity (Wildman–Crippen MR) is 105 cm³/mol. The number of rotatable bonds is 3. The predicted octanol–water partition coefficient (Wildman–Crippen LogP) is 3.00. The van der Waals surface area contributed by atoms with Gasteiger partial charge in [-0.15, -0.1) is 24.2 Å². The first kappa shape index (κ1) is 20.1. The van der Waals surface area contributed by atoms with Crippen molar-refractivity contribution in [3.63, 3.8) is 0 Å². The summed E-state index contributed by atoms with van der Waals surface area (Å²) in [5, 5.41) is 6.27. The van der Waals surface area contributed by atoms with Crippen LogP contribution in [0.3, 0.4) is 0 Å². The molecule has 0 bridgehead atoms. The van der Waals surface area contributed by atoms with Gasteiger partial charge in [0.25, 0.3) is 5.91 Å². The molecule has 0 saturated carbocycles. The standard InChI is InChI=1S/C18H25N3O2S.ClH/c1-13(22)20-15-4-3-14(11-16(15)24-2)17(23)21-9-6-18(7-10-21)5-8-19-12-18;/h3-4,11,19H,5-10,12H2,1-2H3,(H,20,22);1H. The van der Waals surface area contributed by atoms with Crippen molar-refractivity contribution >= 4 is 41.7 Å². The van der Waals surface area contributed by atoms with E-state index in [0.717, 1.165) is 49.6 Å². The first-order valence-corrected chi connectivity index (χ1v) is 9.71. The lowest BCUT2D eigenvalue weighted by atomic mass is 9.78. The number of hydrogen-bond acceptors (Lipinski definition) is 4. The molecule has 1 aromatic carbocycles. The quantitative estimate of drug-likeness (QED) is 0.787. The molecule has 0 atom stereocenters. The Bertz CT molecular complexity index is 637. The highest BCUT2D eigenvalue weighted by molar-refractivity contribution is 7.98. The number of nitrogens with zero attached hydrogens (tertiary/aromatic N) is 1. The van der Waals surface area contributed by atoms with E-state index in [1.165, 1.54) is 25.1 Å². The first-order valence-electron chi connectivity index (χ1n) is 8.49. The van der Waals surface area contributed by atoms with Crippen LogP contribution in [0.4, 0.5) is 5.69 Å². The molecular weight excluding hydrogens is 358 g/mol. The van der Waals surface area contributed by atoms with E-state index >= 15 is 0 Å². The van der Waals surface area contributed by atoms with Crippen molar-refractivity contribution in [1.29, 1.82) is 0 Å². The third-order valence-electron chi connectivity index (χ3n) is 5.20. The van der Waals surface area contributed by atoms with Gasteiger partial charge in [0.15, 0.2) is 0 Å². The van der Waals surface area contributed by atoms with E-state index in [-0.39, 0.29) is 24.2 Å². The van der Waals surface area contributed by atoms with Crippen LogP contribution in [0.25, 0.3) is 0 Å². The molecule has 2 aliphatic heterocycles. The number of thioether (sulfide) groups is 1. The number of carbonyl (C=O) groups is 2. The first-order chi connectivity index (χ1) is 11.5. The number of hydrogen-bond donors (Lipinski definition) is 2. The summed E-state index contributed by atoms with van der Waals surface area (Å²) in [5.41, 5.74) is 1.88. The molecule has 0 aliphatic carbocycles. The largest absolute Gasteiger partial charge is 0.339 e. The molecule has 5 nitrogen and oxygen atoms in total. The van der Waals surface area contributed by atoms with Crippen LogP contribution in [-0.4, -0.2) is 49.1 Å². The molecule has 1 aromatic rings. The molecule has 0 aromatic heterocycles. The van der Waals surface area contributed by atoms with Gasteiger partial charge in [-0.05, 0) is 55.7 Å². The van der Waals surface area contributed by atoms with E-state index in [4.69, 9.17) is 0 Å². The maximum atomic E-state index is 12.8. The van der Waals surface area contributed by atoms with Crippen LogP contribution < -0.4 is 10.6 Å². The van der Waals surface area contributed by atoms with Crippen molar-refractivity contribution in [3.8, 4) is 0 Å². The zero-order chi connectivity index (χ0) is 17.2. The van der Waals surface area contributed by atoms with Crippen molar-refractivity contribution in [2.24, 2.45) is 5.41 Å². The number of benzene rings is 1. The second-order valence-electron chi connectivity index (χ2n) is 6.82. The summed E-state index contributed by atoms with van der Waals surface area (Å²) in [6, 6.07) is 5.53. The lowest BCUT2D eigenvalue weighted by Gasteiger charge is -2.39. The van der Waals surface area contributed by atoms with Crippen molar-refractivity contribution < 1.29 is 9.59 Å². The third-order valence-corrected chi connectivity index (χ3v) is 5.98. The van der Waals surface area contributed by atoms with Crippen LogP contribution in [0, 0.1) is 5.41 Å². The molecule has 3 rings (SSSR count). The molecule has 2 heterocycles. The minimum Gasteiger partial charge on any atom is -0.339 e. The fourth-order valence-corrected chi connectivity index (χ4v) is 4.29. The van der Waals surface area contributed by atoms with Gasteiger partial charge in [0.05, 0.1) is 5.69 Å². The molecule has 1 spiro atoms. The molecule has 2 amide bonds. The van der Waals surface area contributed by atoms with Crippen LogP contribution >= 0.6 is 24.2 Å². The average molecular weight is 384 g/mol. The Hall–Kier alpha value is -1.24. The number of halogens is 1. The molecule has 0 unspecified atom stereocenters. The average Bonchev–Trinajstić information content (AvgIpc) is 3.03. The highest BCUT2D eigenvalue weighted by atomic mass is 35.5. The number of anilines is 1. The highest BCUT2D eigenvalue weighted by Crippen LogP contribution is 2.37. The maximum absolute atomic E-state index is 12.8. The SMILES string of the molecule is CSc1cc(C(=O)N2CCC3(CCNC3)CC2)ccc1NC(C)=O.Cl. The van der Waals surface area contributed by atoms with Crippen molar-refractivity contribution in [2.75, 3.05) is 37.8 Å². The van der Waals surface area contributed by atoms with Crippen LogP contribution in [0.2, 0.25) is 0 Å². The normalized spacial score (nSPS) is 18.7. The van der Waals surface area contributed by atoms with Gasteiger partial charge in [-0.1, -0.05) is 0 Å². The van der Waals surface area contributed by atoms with E-state index in [9.17, 15) is 9.59 Å². The number of amides is 2. The molecule has 2 fully saturated rings. The van der Waals surface area contributed by atoms with E-state index in [0.29, 0.717) is 11.0 Å². The summed E-state index contributed by atoms with van der Waals surface area (Å²) < 4.78 is 0. The van der Waals surface area contributed by atoms with E-state index < -0.39 is 0 Å². The molecule has 2 saturated heterocycles. The van der Waals surface area contributed by atoms with Gasteiger partial charge in [0, 0.05) is 37.0 Å². The molecule has 7 heteroatoms. The van der Waals surface area contributed by atoms with Gasteiger partial charge in [-0.3, -0.25) is 9.59 Å². The Morgan fingerprint density at radius 2 is 1.96 bits per heavy atom. The fourth-order valence-electron chi connectivity index (χ4n) is 3.71. The minimum atomic E-state index is -0.101. The third kappa shape index (κ3) is 4.49. The van der Waals surface area contributed by atoms with Crippen molar-refractivity contribution in [3.05, 3.63) is 23.8 Å². The molecule has 138 valence electrons. The smallest absolute Gasteiger partial charge is 0.253 e. The van der Waals surface area contributed by atoms with Gasteiger partial charge in [-0.25, -0.2) is 0 Å². The van der Waals surface area contributed by atoms with Gasteiger partial charge in [0.2, 0.25) is 5.91 Å². The van der Waals surface area contributed by atoms with Crippen LogP contribution in [0.1, 0.15) is 36.5 Å². The maximum Gasteiger partial charge on any atom is 0.253 e. The number of nitrogens with one attached hydrogen (secondary N) is 2. The summed E-state index contributed by atoms with van der Waals surface area (Å²) in [5.74, 6) is -0.00337. The minimum absolute atomic E-state index is 0. The van der Waals surface area contributed by atoms with Crippen LogP contribution in [-0.2, 0) is 4.79 Å². The Morgan fingerprint density at radius 3 is 2.52 bits per heavy atom. The van der Waals surface area contributed by atoms with Crippen molar-refractivity contribution in [1.82, 2.24) is 10.2 Å². The summed E-state index contributed by atoms with van der Waals surface area (Å²) >= 11 is 1.54. The van der Waals surface area contributed by atoms with Gasteiger partial charge in [-0.2, -0.15) is 0 Å². The zero-order valence-corrected chi connectivity index (χ0v) is 16.4. The van der Waals surface area contributed by atoms with Crippen molar-refractivity contribution in [2.45, 2.75) is 31.1 Å². The topological polar surface area (TPSA) is 61.4 Å². The summed E-state index contributed by atoms with van der Waals surface area (Å²) in [6.07, 6.45) is 5.36. The molecule has 0 radical (unpaired) electrons. The molecule has 2 aliphatic rings. The summed E-state index contributed by atoms with van der Waals surface area (Å²) in [6.45, 7) is 5.36. The Kier molecular flexibility index (Phi) is 6.77. The van der Waals surface area contributed by atoms with Gasteiger partial charge < -0.3 is 15.5 Å². The van der Waals surface area contributed by atoms with Gasteiger partial charge in [0.1, 0.15) is 0 Å². The van der Waals surface area contributed by atoms with Gasteiger partial charge >= 0.3 is 0 Å². The Balaban J connectivity index is 0.00000225. The molecule has 2 N–H and O–H groups in total. The monoisotopic (exact) mass is 383 g/mol. The number of carbonyl (C=O) groups excluding carboxylic acids is 2. The van der Waals surface area contributed by atoms with Crippen LogP contribution in [0.15, 0.2) is 23.1 Å². The zero-order valence-electron chi connectivity index (χ0n) is 14.8. The Morgan fingerprint density at radius 1 is 1.24 bits per heavy atom. The second-order valence-corrected chi connectivity index (χ2v) is 7.66. The number of piperidine rings is 1.